The molecule has 0 atom stereocenters. The van der Waals surface area contributed by atoms with Gasteiger partial charge in [0.15, 0.2) is 0 Å². The quantitative estimate of drug-likeness (QED) is 0.928. The molecule has 0 bridgehead atoms. The number of likely N-dealkylation sites (tertiary alicyclic amines) is 1. The van der Waals surface area contributed by atoms with Gasteiger partial charge in [0.05, 0.1) is 18.7 Å². The number of nitrogens with zero attached hydrogens (tertiary/aromatic N) is 2. The van der Waals surface area contributed by atoms with Crippen molar-refractivity contribution in [1.82, 2.24) is 15.2 Å². The Kier molecular flexibility index (Phi) is 5.16. The molecule has 20 heavy (non-hydrogen) atoms. The van der Waals surface area contributed by atoms with Crippen LogP contribution in [0.25, 0.3) is 0 Å². The van der Waals surface area contributed by atoms with E-state index in [2.05, 4.69) is 15.2 Å². The third-order valence-corrected chi connectivity index (χ3v) is 4.15. The molecule has 112 valence electrons. The van der Waals surface area contributed by atoms with Crippen molar-refractivity contribution in [1.29, 1.82) is 0 Å². The third-order valence-electron chi connectivity index (χ3n) is 3.26. The fourth-order valence-corrected chi connectivity index (χ4v) is 3.27. The van der Waals surface area contributed by atoms with Crippen molar-refractivity contribution in [3.05, 3.63) is 16.1 Å². The van der Waals surface area contributed by atoms with Crippen LogP contribution in [0.1, 0.15) is 50.7 Å². The van der Waals surface area contributed by atoms with E-state index in [-0.39, 0.29) is 11.4 Å². The zero-order chi connectivity index (χ0) is 14.6. The van der Waals surface area contributed by atoms with Crippen LogP contribution >= 0.6 is 11.3 Å². The molecule has 1 aromatic heterocycles. The number of aromatic nitrogens is 1. The molecular formula is C15H25N3OS. The van der Waals surface area contributed by atoms with E-state index in [1.54, 1.807) is 11.3 Å². The lowest BCUT2D eigenvalue weighted by atomic mass is 10.1. The van der Waals surface area contributed by atoms with E-state index in [9.17, 15) is 4.79 Å². The molecule has 2 heterocycles. The molecule has 1 aliphatic rings. The smallest absolute Gasteiger partial charge is 0.226 e. The van der Waals surface area contributed by atoms with Gasteiger partial charge in [0.1, 0.15) is 5.01 Å². The molecule has 0 radical (unpaired) electrons. The van der Waals surface area contributed by atoms with Crippen molar-refractivity contribution in [2.24, 2.45) is 0 Å². The third kappa shape index (κ3) is 5.21. The van der Waals surface area contributed by atoms with Crippen LogP contribution in [-0.2, 0) is 17.8 Å². The summed E-state index contributed by atoms with van der Waals surface area (Å²) in [5.74, 6) is 0.0484. The standard InChI is InChI=1S/C15H25N3OS/c1-15(2,3)17-13(19)9-12-11-20-14(16-12)10-18-7-5-4-6-8-18/h11H,4-10H2,1-3H3,(H,17,19). The first-order chi connectivity index (χ1) is 9.42. The topological polar surface area (TPSA) is 45.2 Å². The van der Waals surface area contributed by atoms with E-state index in [0.717, 1.165) is 17.2 Å². The van der Waals surface area contributed by atoms with E-state index in [4.69, 9.17) is 0 Å². The number of rotatable bonds is 4. The summed E-state index contributed by atoms with van der Waals surface area (Å²) in [5.41, 5.74) is 0.716. The number of thiazole rings is 1. The predicted octanol–water partition coefficient (Wildman–Crippen LogP) is 2.59. The highest BCUT2D eigenvalue weighted by Crippen LogP contribution is 2.16. The lowest BCUT2D eigenvalue weighted by Gasteiger charge is -2.25. The number of hydrogen-bond acceptors (Lipinski definition) is 4. The summed E-state index contributed by atoms with van der Waals surface area (Å²) in [5, 5.41) is 6.12. The second-order valence-electron chi connectivity index (χ2n) is 6.54. The molecule has 1 amide bonds. The largest absolute Gasteiger partial charge is 0.351 e. The monoisotopic (exact) mass is 295 g/mol. The number of piperidine rings is 1. The molecule has 1 fully saturated rings. The Labute approximate surface area is 125 Å². The van der Waals surface area contributed by atoms with Crippen LogP contribution in [-0.4, -0.2) is 34.4 Å². The Morgan fingerprint density at radius 3 is 2.70 bits per heavy atom. The van der Waals surface area contributed by atoms with E-state index < -0.39 is 0 Å². The zero-order valence-electron chi connectivity index (χ0n) is 12.7. The molecule has 0 aliphatic carbocycles. The highest BCUT2D eigenvalue weighted by molar-refractivity contribution is 7.09. The minimum atomic E-state index is -0.177. The second-order valence-corrected chi connectivity index (χ2v) is 7.49. The Balaban J connectivity index is 1.84. The average Bonchev–Trinajstić information content (AvgIpc) is 2.75. The maximum Gasteiger partial charge on any atom is 0.226 e. The molecule has 1 aromatic rings. The second kappa shape index (κ2) is 6.68. The molecule has 1 aliphatic heterocycles. The molecule has 0 spiro atoms. The summed E-state index contributed by atoms with van der Waals surface area (Å²) in [6.45, 7) is 9.28. The summed E-state index contributed by atoms with van der Waals surface area (Å²) in [4.78, 5) is 18.9. The van der Waals surface area contributed by atoms with Gasteiger partial charge in [-0.1, -0.05) is 6.42 Å². The molecule has 1 saturated heterocycles. The fraction of sp³-hybridized carbons (Fsp3) is 0.733. The summed E-state index contributed by atoms with van der Waals surface area (Å²) in [6, 6.07) is 0. The average molecular weight is 295 g/mol. The van der Waals surface area contributed by atoms with Crippen LogP contribution in [0.3, 0.4) is 0 Å². The normalized spacial score (nSPS) is 17.1. The molecule has 4 nitrogen and oxygen atoms in total. The summed E-state index contributed by atoms with van der Waals surface area (Å²) in [7, 11) is 0. The number of hydrogen-bond donors (Lipinski definition) is 1. The van der Waals surface area contributed by atoms with Crippen molar-refractivity contribution in [3.8, 4) is 0 Å². The van der Waals surface area contributed by atoms with Gasteiger partial charge in [-0.05, 0) is 46.7 Å². The predicted molar refractivity (Wildman–Crippen MR) is 82.8 cm³/mol. The number of carbonyl (C=O) groups excluding carboxylic acids is 1. The Bertz CT molecular complexity index is 444. The van der Waals surface area contributed by atoms with Crippen molar-refractivity contribution in [3.63, 3.8) is 0 Å². The highest BCUT2D eigenvalue weighted by Gasteiger charge is 2.16. The Morgan fingerprint density at radius 1 is 1.35 bits per heavy atom. The summed E-state index contributed by atoms with van der Waals surface area (Å²) >= 11 is 1.67. The van der Waals surface area contributed by atoms with E-state index in [0.29, 0.717) is 6.42 Å². The van der Waals surface area contributed by atoms with Gasteiger partial charge in [-0.2, -0.15) is 0 Å². The van der Waals surface area contributed by atoms with Gasteiger partial charge in [0, 0.05) is 10.9 Å². The first kappa shape index (κ1) is 15.4. The van der Waals surface area contributed by atoms with E-state index in [1.807, 2.05) is 26.2 Å². The van der Waals surface area contributed by atoms with Gasteiger partial charge in [-0.15, -0.1) is 11.3 Å². The first-order valence-corrected chi connectivity index (χ1v) is 8.27. The van der Waals surface area contributed by atoms with Gasteiger partial charge in [0.2, 0.25) is 5.91 Å². The van der Waals surface area contributed by atoms with Crippen molar-refractivity contribution in [2.45, 2.75) is 58.5 Å². The lowest BCUT2D eigenvalue weighted by molar-refractivity contribution is -0.121. The van der Waals surface area contributed by atoms with Gasteiger partial charge in [0.25, 0.3) is 0 Å². The van der Waals surface area contributed by atoms with Gasteiger partial charge >= 0.3 is 0 Å². The van der Waals surface area contributed by atoms with Crippen LogP contribution in [0, 0.1) is 0 Å². The lowest BCUT2D eigenvalue weighted by Crippen LogP contribution is -2.41. The zero-order valence-corrected chi connectivity index (χ0v) is 13.6. The number of amides is 1. The number of carbonyl (C=O) groups is 1. The van der Waals surface area contributed by atoms with Crippen molar-refractivity contribution >= 4 is 17.2 Å². The molecule has 0 aromatic carbocycles. The van der Waals surface area contributed by atoms with Gasteiger partial charge in [-0.3, -0.25) is 9.69 Å². The minimum Gasteiger partial charge on any atom is -0.351 e. The van der Waals surface area contributed by atoms with Crippen molar-refractivity contribution in [2.75, 3.05) is 13.1 Å². The number of nitrogens with one attached hydrogen (secondary N) is 1. The van der Waals surface area contributed by atoms with E-state index in [1.165, 1.54) is 32.4 Å². The van der Waals surface area contributed by atoms with Crippen LogP contribution in [0.2, 0.25) is 0 Å². The molecule has 2 rings (SSSR count). The van der Waals surface area contributed by atoms with Gasteiger partial charge in [-0.25, -0.2) is 4.98 Å². The Hall–Kier alpha value is -0.940. The summed E-state index contributed by atoms with van der Waals surface area (Å²) in [6.07, 6.45) is 4.33. The Morgan fingerprint density at radius 2 is 2.05 bits per heavy atom. The van der Waals surface area contributed by atoms with Gasteiger partial charge < -0.3 is 5.32 Å². The van der Waals surface area contributed by atoms with Crippen LogP contribution in [0.5, 0.6) is 0 Å². The van der Waals surface area contributed by atoms with Crippen LogP contribution in [0.4, 0.5) is 0 Å². The molecular weight excluding hydrogens is 270 g/mol. The van der Waals surface area contributed by atoms with Crippen LogP contribution < -0.4 is 5.32 Å². The molecule has 0 saturated carbocycles. The highest BCUT2D eigenvalue weighted by atomic mass is 32.1. The SMILES string of the molecule is CC(C)(C)NC(=O)Cc1csc(CN2CCCCC2)n1. The maximum atomic E-state index is 11.9. The first-order valence-electron chi connectivity index (χ1n) is 7.39. The molecule has 5 heteroatoms. The fourth-order valence-electron chi connectivity index (χ4n) is 2.44. The van der Waals surface area contributed by atoms with Crippen molar-refractivity contribution < 1.29 is 4.79 Å². The van der Waals surface area contributed by atoms with E-state index >= 15 is 0 Å². The summed E-state index contributed by atoms with van der Waals surface area (Å²) < 4.78 is 0. The maximum absolute atomic E-state index is 11.9. The molecule has 0 unspecified atom stereocenters. The van der Waals surface area contributed by atoms with Crippen LogP contribution in [0.15, 0.2) is 5.38 Å². The minimum absolute atomic E-state index is 0.0484. The molecule has 1 N–H and O–H groups in total.